The number of nitrogens with two attached hydrogens (primary N) is 2. The van der Waals surface area contributed by atoms with Gasteiger partial charge in [-0.25, -0.2) is 0 Å². The standard InChI is InChI=1S/C14H16N4O2.C14H13N3O4.C14H15N3O2.C7H7ClN2O.C7H7NO3.2ClH.Sn/c1-9-3-4-10(7-12(9)18-15)20-11-5-6-17-13(8-11)14(19)16-2;1-9-3-4-10(8-13(9)17(19)20)21-11-5-6-16-12(7-11)14(18)15-2;1-9-3-4-10(7-12(9)15)19-11-5-6-17-13(8-11)14(18)16-2;1-9-7(11)6-4-5(8)2-3-10-6;1-5-2-3-6(9)4-7(5)8(10)11;;;/h3-8,18H,15H2,1-2H3,(H,16,19);3-8H,1-2H3,(H,15,18);3-8H,15H2,1-2H3,(H,16,18);2-4H,1H3,(H,9,11);2-4,9H,1H3;2*1H;/q;;;;;;;+2/p-2. The van der Waals surface area contributed by atoms with E-state index in [0.29, 0.717) is 73.4 Å². The van der Waals surface area contributed by atoms with Gasteiger partial charge in [0.15, 0.2) is 0 Å². The molecule has 4 aromatic carbocycles. The zero-order valence-electron chi connectivity index (χ0n) is 46.8. The van der Waals surface area contributed by atoms with Gasteiger partial charge in [0.25, 0.3) is 35.0 Å². The molecule has 0 spiro atoms. The van der Waals surface area contributed by atoms with E-state index in [2.05, 4.69) is 46.6 Å². The van der Waals surface area contributed by atoms with Gasteiger partial charge in [-0.2, -0.15) is 0 Å². The predicted octanol–water partition coefficient (Wildman–Crippen LogP) is 10.1. The molecule has 4 amide bonds. The summed E-state index contributed by atoms with van der Waals surface area (Å²) < 4.78 is 16.9. The average Bonchev–Trinajstić information content (AvgIpc) is 3.62. The minimum absolute atomic E-state index is 0.0203. The number of hydrogen-bond acceptors (Lipinski definition) is 19. The molecule has 0 aliphatic carbocycles. The van der Waals surface area contributed by atoms with E-state index < -0.39 is 28.7 Å². The molecule has 8 aromatic rings. The average molecular weight is 1330 g/mol. The number of hydrazine groups is 1. The summed E-state index contributed by atoms with van der Waals surface area (Å²) in [5, 5.41) is 40.5. The number of aromatic hydroxyl groups is 1. The van der Waals surface area contributed by atoms with Crippen molar-refractivity contribution < 1.29 is 48.3 Å². The number of ether oxygens (including phenoxy) is 3. The fourth-order valence-electron chi connectivity index (χ4n) is 6.39. The van der Waals surface area contributed by atoms with E-state index in [-0.39, 0.29) is 46.4 Å². The van der Waals surface area contributed by atoms with Crippen LogP contribution in [-0.2, 0) is 0 Å². The van der Waals surface area contributed by atoms with Crippen LogP contribution in [0.25, 0.3) is 0 Å². The number of phenols is 1. The quantitative estimate of drug-likeness (QED) is 0.0175. The van der Waals surface area contributed by atoms with E-state index >= 15 is 0 Å². The number of nitro benzene ring substituents is 2. The Morgan fingerprint density at radius 2 is 0.824 bits per heavy atom. The first-order valence-electron chi connectivity index (χ1n) is 24.5. The summed E-state index contributed by atoms with van der Waals surface area (Å²) in [5.41, 5.74) is 14.0. The van der Waals surface area contributed by atoms with Crippen LogP contribution in [0.5, 0.6) is 40.2 Å². The first-order valence-corrected chi connectivity index (χ1v) is 32.1. The molecule has 25 nitrogen and oxygen atoms in total. The van der Waals surface area contributed by atoms with Gasteiger partial charge >= 0.3 is 36.7 Å². The van der Waals surface area contributed by atoms with Crippen LogP contribution >= 0.6 is 29.4 Å². The van der Waals surface area contributed by atoms with E-state index in [0.717, 1.165) is 22.9 Å². The van der Waals surface area contributed by atoms with Gasteiger partial charge in [0.2, 0.25) is 0 Å². The number of rotatable bonds is 13. The second-order valence-electron chi connectivity index (χ2n) is 16.8. The van der Waals surface area contributed by atoms with E-state index in [1.165, 1.54) is 62.2 Å². The number of nitrogens with zero attached hydrogens (tertiary/aromatic N) is 6. The Balaban J connectivity index is 0.000000281. The Hall–Kier alpha value is -9.41. The van der Waals surface area contributed by atoms with Gasteiger partial charge in [0, 0.05) is 105 Å². The molecule has 0 fully saturated rings. The number of nitro groups is 2. The fourth-order valence-corrected chi connectivity index (χ4v) is 6.55. The first-order chi connectivity index (χ1) is 40.5. The molecule has 4 aromatic heterocycles. The summed E-state index contributed by atoms with van der Waals surface area (Å²) in [6, 6.07) is 32.3. The fraction of sp³-hybridized carbons (Fsp3) is 0.143. The maximum absolute atomic E-state index is 11.5. The third kappa shape index (κ3) is 23.8. The maximum atomic E-state index is 11.5. The van der Waals surface area contributed by atoms with Crippen molar-refractivity contribution in [2.75, 3.05) is 39.4 Å². The zero-order valence-corrected chi connectivity index (χ0v) is 51.9. The molecule has 85 heavy (non-hydrogen) atoms. The number of carbonyl (C=O) groups excluding carboxylic acids is 4. The molecular formula is C56H58Cl3N13O12Sn. The Morgan fingerprint density at radius 3 is 1.19 bits per heavy atom. The van der Waals surface area contributed by atoms with Crippen molar-refractivity contribution in [3.63, 3.8) is 0 Å². The van der Waals surface area contributed by atoms with Crippen molar-refractivity contribution in [3.05, 3.63) is 216 Å². The Kier molecular flexibility index (Phi) is 29.8. The summed E-state index contributed by atoms with van der Waals surface area (Å²) in [6.45, 7) is 7.14. The summed E-state index contributed by atoms with van der Waals surface area (Å²) in [6.07, 6.45) is 5.98. The van der Waals surface area contributed by atoms with Crippen molar-refractivity contribution in [3.8, 4) is 40.2 Å². The molecule has 0 aliphatic heterocycles. The van der Waals surface area contributed by atoms with Crippen LogP contribution in [0.4, 0.5) is 22.7 Å². The molecule has 0 bridgehead atoms. The van der Waals surface area contributed by atoms with E-state index in [1.807, 2.05) is 38.1 Å². The van der Waals surface area contributed by atoms with E-state index in [1.54, 1.807) is 95.7 Å². The van der Waals surface area contributed by atoms with Crippen LogP contribution in [0.15, 0.2) is 146 Å². The zero-order chi connectivity index (χ0) is 63.2. The molecule has 29 heteroatoms. The Bertz CT molecular complexity index is 3590. The second kappa shape index (κ2) is 36.2. The van der Waals surface area contributed by atoms with Crippen molar-refractivity contribution in [1.82, 2.24) is 41.2 Å². The van der Waals surface area contributed by atoms with Crippen LogP contribution in [0.3, 0.4) is 0 Å². The first kappa shape index (κ1) is 69.9. The number of aromatic nitrogens is 4. The monoisotopic (exact) mass is 1330 g/mol. The van der Waals surface area contributed by atoms with Crippen LogP contribution in [0.2, 0.25) is 5.02 Å². The Labute approximate surface area is 510 Å². The second-order valence-corrected chi connectivity index (χ2v) is 21.4. The number of aryl methyl sites for hydroxylation is 4. The number of halogens is 3. The molecular weight excluding hydrogens is 1270 g/mol. The number of carbonyl (C=O) groups is 4. The van der Waals surface area contributed by atoms with Crippen LogP contribution in [-0.4, -0.2) is 106 Å². The number of amides is 4. The SMILES string of the molecule is CNC(=O)c1cc(Cl)ccn1.CNC(=O)c1cc(Oc2ccc(C)c(N)c2)ccn1.CNC(=O)c1cc(Oc2ccc(C)c(NN)c2)ccn1.CNC(=O)c1cc(Oc2ccc(C)c([N+](=O)[O-])c2)ccn1.Cc1ccc(O)cc1[N+](=O)[O-].[Cl][Sn][Cl]. The molecule has 0 unspecified atom stereocenters. The van der Waals surface area contributed by atoms with Crippen LogP contribution < -0.4 is 52.5 Å². The molecule has 10 N–H and O–H groups in total. The van der Waals surface area contributed by atoms with Gasteiger partial charge in [-0.1, -0.05) is 23.7 Å². The molecule has 2 radical (unpaired) electrons. The summed E-state index contributed by atoms with van der Waals surface area (Å²) in [7, 11) is 16.0. The van der Waals surface area contributed by atoms with Crippen LogP contribution in [0, 0.1) is 47.9 Å². The van der Waals surface area contributed by atoms with E-state index in [9.17, 15) is 39.4 Å². The number of pyridine rings is 4. The summed E-state index contributed by atoms with van der Waals surface area (Å²) in [5.74, 6) is 7.28. The third-order valence-electron chi connectivity index (χ3n) is 10.8. The third-order valence-corrected chi connectivity index (χ3v) is 11.1. The molecule has 444 valence electrons. The van der Waals surface area contributed by atoms with Gasteiger partial charge in [0.1, 0.15) is 63.0 Å². The molecule has 0 atom stereocenters. The van der Waals surface area contributed by atoms with Gasteiger partial charge in [-0.3, -0.25) is 65.2 Å². The minimum atomic E-state index is -0.826. The van der Waals surface area contributed by atoms with Crippen LogP contribution in [0.1, 0.15) is 64.2 Å². The number of nitrogen functional groups attached to an aromatic ring is 2. The van der Waals surface area contributed by atoms with Crippen molar-refractivity contribution in [2.24, 2.45) is 5.84 Å². The number of nitrogens with one attached hydrogen (secondary N) is 5. The van der Waals surface area contributed by atoms with E-state index in [4.69, 9.17) is 60.3 Å². The Morgan fingerprint density at radius 1 is 0.494 bits per heavy atom. The molecule has 0 aliphatic rings. The number of benzene rings is 4. The number of anilines is 2. The molecule has 0 saturated carbocycles. The van der Waals surface area contributed by atoms with Gasteiger partial charge < -0.3 is 51.7 Å². The van der Waals surface area contributed by atoms with Gasteiger partial charge in [-0.05, 0) is 106 Å². The van der Waals surface area contributed by atoms with Crippen molar-refractivity contribution >= 4 is 94.7 Å². The van der Waals surface area contributed by atoms with Gasteiger partial charge in [0.05, 0.1) is 27.7 Å². The number of hydrogen-bond donors (Lipinski definition) is 8. The summed E-state index contributed by atoms with van der Waals surface area (Å²) >= 11 is 4.80. The normalized spacial score (nSPS) is 9.69. The molecule has 8 rings (SSSR count). The molecule has 0 saturated heterocycles. The van der Waals surface area contributed by atoms with Crippen molar-refractivity contribution in [1.29, 1.82) is 0 Å². The molecule has 4 heterocycles. The van der Waals surface area contributed by atoms with Gasteiger partial charge in [-0.15, -0.1) is 0 Å². The number of phenolic OH excluding ortho intramolecular Hbond substituents is 1. The topological polar surface area (TPSA) is 366 Å². The van der Waals surface area contributed by atoms with Crippen molar-refractivity contribution in [2.45, 2.75) is 27.7 Å². The summed E-state index contributed by atoms with van der Waals surface area (Å²) in [4.78, 5) is 81.2. The predicted molar refractivity (Wildman–Crippen MR) is 325 cm³/mol.